The minimum Gasteiger partial charge on any atom is -0.482 e. The van der Waals surface area contributed by atoms with E-state index in [-0.39, 0.29) is 22.8 Å². The van der Waals surface area contributed by atoms with Crippen LogP contribution in [0.2, 0.25) is 10.0 Å². The number of methoxy groups -OCH3 is 1. The first-order valence-corrected chi connectivity index (χ1v) is 12.4. The van der Waals surface area contributed by atoms with E-state index in [0.717, 1.165) is 24.0 Å². The van der Waals surface area contributed by atoms with Gasteiger partial charge in [0.25, 0.3) is 0 Å². The molecule has 11 heteroatoms. The second kappa shape index (κ2) is 11.5. The largest absolute Gasteiger partial charge is 0.482 e. The van der Waals surface area contributed by atoms with Gasteiger partial charge in [-0.15, -0.1) is 0 Å². The number of nitrogens with zero attached hydrogens (tertiary/aromatic N) is 4. The van der Waals surface area contributed by atoms with Gasteiger partial charge in [0.1, 0.15) is 11.9 Å². The second-order valence-corrected chi connectivity index (χ2v) is 9.47. The number of amides is 1. The molecule has 1 amide bonds. The first-order valence-electron chi connectivity index (χ1n) is 11.6. The highest BCUT2D eigenvalue weighted by molar-refractivity contribution is 6.36. The van der Waals surface area contributed by atoms with E-state index in [1.54, 1.807) is 32.5 Å². The van der Waals surface area contributed by atoms with Crippen molar-refractivity contribution in [2.24, 2.45) is 0 Å². The van der Waals surface area contributed by atoms with E-state index < -0.39 is 11.9 Å². The summed E-state index contributed by atoms with van der Waals surface area (Å²) in [6, 6.07) is 4.60. The van der Waals surface area contributed by atoms with Gasteiger partial charge in [0, 0.05) is 54.3 Å². The summed E-state index contributed by atoms with van der Waals surface area (Å²) in [5.41, 5.74) is 8.00. The van der Waals surface area contributed by atoms with Crippen molar-refractivity contribution in [3.63, 3.8) is 0 Å². The van der Waals surface area contributed by atoms with Gasteiger partial charge in [-0.1, -0.05) is 23.2 Å². The first kappa shape index (κ1) is 26.2. The predicted octanol–water partition coefficient (Wildman–Crippen LogP) is 5.31. The van der Waals surface area contributed by atoms with Gasteiger partial charge >= 0.3 is 0 Å². The second-order valence-electron chi connectivity index (χ2n) is 8.69. The molecule has 0 radical (unpaired) electrons. The summed E-state index contributed by atoms with van der Waals surface area (Å²) in [4.78, 5) is 18.4. The number of nitrogens with two attached hydrogens (primary N) is 1. The topological polar surface area (TPSA) is 95.5 Å². The minimum absolute atomic E-state index is 0.0922. The van der Waals surface area contributed by atoms with Gasteiger partial charge < -0.3 is 20.1 Å². The quantitative estimate of drug-likeness (QED) is 0.392. The molecule has 0 bridgehead atoms. The van der Waals surface area contributed by atoms with Crippen molar-refractivity contribution in [3.8, 4) is 16.9 Å². The van der Waals surface area contributed by atoms with Crippen LogP contribution in [0.1, 0.15) is 43.9 Å². The number of pyridine rings is 1. The molecule has 2 N–H and O–H groups in total. The zero-order chi connectivity index (χ0) is 25.8. The van der Waals surface area contributed by atoms with Crippen molar-refractivity contribution < 1.29 is 18.7 Å². The van der Waals surface area contributed by atoms with Crippen LogP contribution in [0, 0.1) is 5.82 Å². The number of hydrogen-bond acceptors (Lipinski definition) is 6. The molecule has 1 fully saturated rings. The number of aromatic nitrogens is 3. The van der Waals surface area contributed by atoms with Gasteiger partial charge in [-0.3, -0.25) is 9.48 Å². The van der Waals surface area contributed by atoms with Crippen molar-refractivity contribution >= 4 is 34.9 Å². The summed E-state index contributed by atoms with van der Waals surface area (Å²) in [6.45, 7) is 3.52. The average molecular weight is 536 g/mol. The van der Waals surface area contributed by atoms with Crippen molar-refractivity contribution in [1.29, 1.82) is 0 Å². The number of rotatable bonds is 8. The highest BCUT2D eigenvalue weighted by Crippen LogP contribution is 2.37. The molecule has 8 nitrogen and oxygen atoms in total. The molecular formula is C25H28Cl2FN5O3. The molecule has 1 aromatic carbocycles. The van der Waals surface area contributed by atoms with E-state index in [4.69, 9.17) is 38.4 Å². The molecule has 1 aliphatic rings. The van der Waals surface area contributed by atoms with Gasteiger partial charge in [-0.25, -0.2) is 9.37 Å². The normalized spacial score (nSPS) is 15.2. The van der Waals surface area contributed by atoms with Gasteiger partial charge in [-0.05, 0) is 38.0 Å². The Morgan fingerprint density at radius 3 is 2.72 bits per heavy atom. The summed E-state index contributed by atoms with van der Waals surface area (Å²) in [5.74, 6) is 0.0510. The number of piperidine rings is 1. The molecule has 192 valence electrons. The third kappa shape index (κ3) is 5.74. The number of anilines is 1. The molecule has 0 spiro atoms. The van der Waals surface area contributed by atoms with Crippen LogP contribution in [0.4, 0.5) is 10.2 Å². The number of halogens is 3. The zero-order valence-corrected chi connectivity index (χ0v) is 21.6. The molecule has 0 unspecified atom stereocenters. The maximum Gasteiger partial charge on any atom is 0.224 e. The standard InChI is InChI=1S/C25H28Cl2FN5O3/c1-15(23-19(26)3-4-20(28)24(23)27)36-21-11-16(12-30-25(21)29)17-13-31-33(14-17)18-5-8-32(9-6-18)22(34)7-10-35-2/h3-4,11-15,18H,5-10H2,1-2H3,(H2,29,30)/t15-/m1/s1. The number of ether oxygens (including phenoxy) is 2. The molecule has 2 aromatic heterocycles. The average Bonchev–Trinajstić information content (AvgIpc) is 3.37. The van der Waals surface area contributed by atoms with E-state index in [9.17, 15) is 9.18 Å². The zero-order valence-electron chi connectivity index (χ0n) is 20.1. The Balaban J connectivity index is 1.46. The van der Waals surface area contributed by atoms with E-state index >= 15 is 0 Å². The Hall–Kier alpha value is -2.88. The molecule has 1 atom stereocenters. The van der Waals surface area contributed by atoms with Crippen LogP contribution in [0.5, 0.6) is 5.75 Å². The number of hydrogen-bond donors (Lipinski definition) is 1. The summed E-state index contributed by atoms with van der Waals surface area (Å²) < 4.78 is 26.9. The van der Waals surface area contributed by atoms with Crippen LogP contribution >= 0.6 is 23.2 Å². The van der Waals surface area contributed by atoms with Gasteiger partial charge in [-0.2, -0.15) is 5.10 Å². The monoisotopic (exact) mass is 535 g/mol. The third-order valence-corrected chi connectivity index (χ3v) is 7.03. The van der Waals surface area contributed by atoms with Crippen LogP contribution in [-0.4, -0.2) is 52.4 Å². The SMILES string of the molecule is COCCC(=O)N1CCC(n2cc(-c3cnc(N)c(O[C@H](C)c4c(Cl)ccc(F)c4Cl)c3)cn2)CC1. The van der Waals surface area contributed by atoms with E-state index in [1.165, 1.54) is 12.1 Å². The molecule has 1 saturated heterocycles. The lowest BCUT2D eigenvalue weighted by Gasteiger charge is -2.32. The van der Waals surface area contributed by atoms with Gasteiger partial charge in [0.2, 0.25) is 5.91 Å². The fraction of sp³-hybridized carbons (Fsp3) is 0.400. The Bertz CT molecular complexity index is 1230. The Morgan fingerprint density at radius 2 is 2.00 bits per heavy atom. The number of carbonyl (C=O) groups excluding carboxylic acids is 1. The van der Waals surface area contributed by atoms with E-state index in [2.05, 4.69) is 10.1 Å². The maximum atomic E-state index is 14.0. The molecule has 3 aromatic rings. The minimum atomic E-state index is -0.667. The van der Waals surface area contributed by atoms with Crippen LogP contribution in [0.15, 0.2) is 36.8 Å². The summed E-state index contributed by atoms with van der Waals surface area (Å²) >= 11 is 12.4. The molecule has 0 saturated carbocycles. The lowest BCUT2D eigenvalue weighted by molar-refractivity contribution is -0.133. The van der Waals surface area contributed by atoms with Gasteiger partial charge in [0.15, 0.2) is 11.6 Å². The summed E-state index contributed by atoms with van der Waals surface area (Å²) in [6.07, 6.45) is 6.73. The fourth-order valence-corrected chi connectivity index (χ4v) is 4.96. The number of likely N-dealkylation sites (tertiary alicyclic amines) is 1. The van der Waals surface area contributed by atoms with Crippen molar-refractivity contribution in [1.82, 2.24) is 19.7 Å². The van der Waals surface area contributed by atoms with Crippen LogP contribution in [0.25, 0.3) is 11.1 Å². The predicted molar refractivity (Wildman–Crippen MR) is 137 cm³/mol. The lowest BCUT2D eigenvalue weighted by Crippen LogP contribution is -2.39. The van der Waals surface area contributed by atoms with Crippen LogP contribution in [-0.2, 0) is 9.53 Å². The van der Waals surface area contributed by atoms with E-state index in [1.807, 2.05) is 15.8 Å². The number of nitrogen functional groups attached to an aromatic ring is 1. The molecule has 0 aliphatic carbocycles. The third-order valence-electron chi connectivity index (χ3n) is 6.32. The summed E-state index contributed by atoms with van der Waals surface area (Å²) in [5, 5.41) is 4.75. The highest BCUT2D eigenvalue weighted by atomic mass is 35.5. The molecular weight excluding hydrogens is 508 g/mol. The Kier molecular flexibility index (Phi) is 8.33. The van der Waals surface area contributed by atoms with E-state index in [0.29, 0.717) is 42.5 Å². The molecule has 36 heavy (non-hydrogen) atoms. The smallest absolute Gasteiger partial charge is 0.224 e. The number of carbonyl (C=O) groups is 1. The molecule has 4 rings (SSSR count). The van der Waals surface area contributed by atoms with Crippen LogP contribution < -0.4 is 10.5 Å². The molecule has 3 heterocycles. The maximum absolute atomic E-state index is 14.0. The summed E-state index contributed by atoms with van der Waals surface area (Å²) in [7, 11) is 1.59. The van der Waals surface area contributed by atoms with Crippen LogP contribution in [0.3, 0.4) is 0 Å². The van der Waals surface area contributed by atoms with Crippen molar-refractivity contribution in [2.45, 2.75) is 38.3 Å². The lowest BCUT2D eigenvalue weighted by atomic mass is 10.0. The molecule has 1 aliphatic heterocycles. The Morgan fingerprint density at radius 1 is 1.25 bits per heavy atom. The Labute approximate surface area is 219 Å². The van der Waals surface area contributed by atoms with Gasteiger partial charge in [0.05, 0.1) is 30.3 Å². The van der Waals surface area contributed by atoms with Crippen molar-refractivity contribution in [3.05, 3.63) is 58.2 Å². The van der Waals surface area contributed by atoms with Crippen molar-refractivity contribution in [2.75, 3.05) is 32.5 Å². The fourth-order valence-electron chi connectivity index (χ4n) is 4.29. The highest BCUT2D eigenvalue weighted by Gasteiger charge is 2.25. The first-order chi connectivity index (χ1) is 17.3. The number of benzene rings is 1.